The van der Waals surface area contributed by atoms with Crippen LogP contribution in [0.5, 0.6) is 0 Å². The van der Waals surface area contributed by atoms with Gasteiger partial charge in [0.2, 0.25) is 0 Å². The van der Waals surface area contributed by atoms with Crippen LogP contribution in [0.2, 0.25) is 0 Å². The molecule has 150 valence electrons. The Labute approximate surface area is 280 Å². The Balaban J connectivity index is -0.000000177. The van der Waals surface area contributed by atoms with Gasteiger partial charge in [-0.1, -0.05) is 78.8 Å². The largest absolute Gasteiger partial charge is 0.365 e. The van der Waals surface area contributed by atoms with E-state index in [0.717, 1.165) is 22.5 Å². The molecule has 1 aliphatic rings. The minimum absolute atomic E-state index is 0. The van der Waals surface area contributed by atoms with Gasteiger partial charge in [0.1, 0.15) is 5.84 Å². The molecule has 1 N–H and O–H groups in total. The van der Waals surface area contributed by atoms with Gasteiger partial charge in [-0.15, -0.1) is 0 Å². The molecule has 1 aliphatic heterocycles. The first kappa shape index (κ1) is 41.6. The van der Waals surface area contributed by atoms with Gasteiger partial charge in [0, 0.05) is 142 Å². The van der Waals surface area contributed by atoms with E-state index in [2.05, 4.69) is 36.5 Å². The van der Waals surface area contributed by atoms with E-state index in [1.807, 2.05) is 78.8 Å². The number of hydrogen-bond donors (Lipinski definition) is 1. The number of aryl methyl sites for hydroxylation is 1. The van der Waals surface area contributed by atoms with Crippen molar-refractivity contribution in [1.82, 2.24) is 5.32 Å². The molecule has 0 amide bonds. The molecule has 0 unspecified atom stereocenters. The van der Waals surface area contributed by atoms with Crippen molar-refractivity contribution in [3.63, 3.8) is 0 Å². The van der Waals surface area contributed by atoms with Gasteiger partial charge in [0.25, 0.3) is 0 Å². The van der Waals surface area contributed by atoms with Gasteiger partial charge in [0.15, 0.2) is 0 Å². The van der Waals surface area contributed by atoms with Crippen LogP contribution in [0.25, 0.3) is 0 Å². The first-order chi connectivity index (χ1) is 12.2. The van der Waals surface area contributed by atoms with E-state index in [1.165, 1.54) is 0 Å². The van der Waals surface area contributed by atoms with Gasteiger partial charge in [-0.05, 0) is 6.92 Å². The quantitative estimate of drug-likeness (QED) is 0.376. The third-order valence-electron chi connectivity index (χ3n) is 3.37. The minimum Gasteiger partial charge on any atom is -0.365 e. The summed E-state index contributed by atoms with van der Waals surface area (Å²) in [6.45, 7) is 16.2. The summed E-state index contributed by atoms with van der Waals surface area (Å²) in [6.07, 6.45) is 0. The Morgan fingerprint density at radius 3 is 1.83 bits per heavy atom. The van der Waals surface area contributed by atoms with Crippen molar-refractivity contribution < 1.29 is 131 Å². The molecule has 2 aromatic rings. The summed E-state index contributed by atoms with van der Waals surface area (Å²) in [7, 11) is 0. The number of aliphatic imine (C=N–C) groups is 1. The van der Waals surface area contributed by atoms with Gasteiger partial charge >= 0.3 is 0 Å². The molecule has 2 aromatic carbocycles. The molecule has 0 bridgehead atoms. The SMILES string of the molecule is CC.CC.CC.Cc1[c-]ccc([C@H]2N=C(c3ccccc3)N[C@H]2C)[c-]1.[Y].[Y].[Y].[Y]. The van der Waals surface area contributed by atoms with E-state index < -0.39 is 0 Å². The van der Waals surface area contributed by atoms with Gasteiger partial charge < -0.3 is 17.4 Å². The summed E-state index contributed by atoms with van der Waals surface area (Å²) < 4.78 is 0. The number of rotatable bonds is 2. The minimum atomic E-state index is 0. The van der Waals surface area contributed by atoms with Crippen molar-refractivity contribution in [1.29, 1.82) is 0 Å². The van der Waals surface area contributed by atoms with E-state index in [-0.39, 0.29) is 143 Å². The van der Waals surface area contributed by atoms with Crippen LogP contribution in [0.3, 0.4) is 0 Å². The van der Waals surface area contributed by atoms with Crippen LogP contribution >= 0.6 is 0 Å². The number of hydrogen-bond acceptors (Lipinski definition) is 2. The fourth-order valence-corrected chi connectivity index (χ4v) is 2.40. The zero-order valence-electron chi connectivity index (χ0n) is 19.5. The Hall–Kier alpha value is 2.33. The van der Waals surface area contributed by atoms with Crippen LogP contribution in [-0.4, -0.2) is 11.9 Å². The summed E-state index contributed by atoms with van der Waals surface area (Å²) in [6, 6.07) is 21.1. The standard InChI is InChI=1S/C17H16N2.3C2H6.4Y/c1-12-7-6-10-15(11-12)16-13(2)18-17(19-16)14-8-4-3-5-9-14;3*1-2;;;;/h3-6,8-10,13,16H,1-2H3,(H,18,19);3*1-2H3;;;;/q-2;;;;;;;/t13-,16-;;;;;;;/m0......./s1. The van der Waals surface area contributed by atoms with Gasteiger partial charge in [-0.25, -0.2) is 0 Å². The van der Waals surface area contributed by atoms with E-state index >= 15 is 0 Å². The average molecular weight is 694 g/mol. The molecule has 4 radical (unpaired) electrons. The summed E-state index contributed by atoms with van der Waals surface area (Å²) in [4.78, 5) is 4.81. The monoisotopic (exact) mass is 694 g/mol. The van der Waals surface area contributed by atoms with E-state index in [0.29, 0.717) is 0 Å². The first-order valence-electron chi connectivity index (χ1n) is 9.54. The first-order valence-corrected chi connectivity index (χ1v) is 9.54. The smallest absolute Gasteiger partial charge is 0.129 e. The number of nitrogens with one attached hydrogen (secondary N) is 1. The van der Waals surface area contributed by atoms with Crippen LogP contribution in [0, 0.1) is 19.1 Å². The Morgan fingerprint density at radius 1 is 0.828 bits per heavy atom. The number of nitrogens with zero attached hydrogens (tertiary/aromatic N) is 1. The second-order valence-corrected chi connectivity index (χ2v) is 4.90. The second kappa shape index (κ2) is 26.6. The molecule has 0 saturated carbocycles. The van der Waals surface area contributed by atoms with Crippen LogP contribution in [0.1, 0.15) is 71.2 Å². The topological polar surface area (TPSA) is 24.4 Å². The van der Waals surface area contributed by atoms with E-state index in [9.17, 15) is 0 Å². The van der Waals surface area contributed by atoms with Gasteiger partial charge in [-0.2, -0.15) is 0 Å². The molecular weight excluding hydrogens is 660 g/mol. The van der Waals surface area contributed by atoms with Crippen LogP contribution in [0.4, 0.5) is 0 Å². The summed E-state index contributed by atoms with van der Waals surface area (Å²) in [5, 5.41) is 3.46. The third-order valence-corrected chi connectivity index (χ3v) is 3.37. The number of amidine groups is 1. The zero-order valence-corrected chi connectivity index (χ0v) is 30.8. The summed E-state index contributed by atoms with van der Waals surface area (Å²) >= 11 is 0. The maximum Gasteiger partial charge on any atom is 0.129 e. The van der Waals surface area contributed by atoms with Gasteiger partial charge in [0.05, 0.1) is 6.04 Å². The van der Waals surface area contributed by atoms with E-state index in [4.69, 9.17) is 4.99 Å². The van der Waals surface area contributed by atoms with Crippen LogP contribution in [-0.2, 0) is 131 Å². The maximum absolute atomic E-state index is 4.81. The average Bonchev–Trinajstić information content (AvgIpc) is 3.09. The van der Waals surface area contributed by atoms with Crippen molar-refractivity contribution in [2.75, 3.05) is 0 Å². The summed E-state index contributed by atoms with van der Waals surface area (Å²) in [5.41, 5.74) is 3.30. The number of benzene rings is 2. The van der Waals surface area contributed by atoms with Gasteiger partial charge in [-0.3, -0.25) is 28.3 Å². The zero-order chi connectivity index (χ0) is 19.2. The molecule has 0 aromatic heterocycles. The predicted molar refractivity (Wildman–Crippen MR) is 111 cm³/mol. The summed E-state index contributed by atoms with van der Waals surface area (Å²) in [5.74, 6) is 0.969. The van der Waals surface area contributed by atoms with Crippen molar-refractivity contribution in [3.05, 3.63) is 71.3 Å². The molecule has 0 spiro atoms. The molecule has 2 nitrogen and oxygen atoms in total. The fraction of sp³-hybridized carbons (Fsp3) is 0.435. The Kier molecular flexibility index (Phi) is 38.1. The third kappa shape index (κ3) is 15.0. The fourth-order valence-electron chi connectivity index (χ4n) is 2.40. The molecule has 1 heterocycles. The van der Waals surface area contributed by atoms with Crippen molar-refractivity contribution in [2.45, 2.75) is 67.5 Å². The van der Waals surface area contributed by atoms with Crippen LogP contribution < -0.4 is 5.32 Å². The normalized spacial score (nSPS) is 15.0. The van der Waals surface area contributed by atoms with Crippen molar-refractivity contribution in [2.24, 2.45) is 4.99 Å². The predicted octanol–water partition coefficient (Wildman–Crippen LogP) is 6.14. The Morgan fingerprint density at radius 2 is 1.34 bits per heavy atom. The molecule has 0 aliphatic carbocycles. The molecule has 6 heteroatoms. The molecule has 0 saturated heterocycles. The van der Waals surface area contributed by atoms with Crippen molar-refractivity contribution in [3.8, 4) is 0 Å². The maximum atomic E-state index is 4.81. The second-order valence-electron chi connectivity index (χ2n) is 4.90. The molecular formula is C23H34N2Y4-2. The Bertz CT molecular complexity index is 619. The van der Waals surface area contributed by atoms with Crippen LogP contribution in [0.15, 0.2) is 47.5 Å². The molecule has 29 heavy (non-hydrogen) atoms. The molecule has 2 atom stereocenters. The van der Waals surface area contributed by atoms with E-state index in [1.54, 1.807) is 0 Å². The molecule has 0 fully saturated rings. The van der Waals surface area contributed by atoms with Crippen molar-refractivity contribution >= 4 is 5.84 Å². The molecule has 3 rings (SSSR count).